The Hall–Kier alpha value is -0.180. The molecule has 0 aromatic carbocycles. The highest BCUT2D eigenvalue weighted by Crippen LogP contribution is 2.23. The van der Waals surface area contributed by atoms with E-state index < -0.39 is 0 Å². The molecule has 0 aliphatic rings. The number of carbonyl (C=O) groups is 1. The van der Waals surface area contributed by atoms with Crippen LogP contribution in [0.1, 0.15) is 48.0 Å². The molecule has 0 rings (SSSR count). The van der Waals surface area contributed by atoms with Crippen LogP contribution in [0.4, 0.5) is 0 Å². The second kappa shape index (κ2) is 10.6. The normalized spacial score (nSPS) is 13.3. The summed E-state index contributed by atoms with van der Waals surface area (Å²) in [6.45, 7) is 16.9. The Morgan fingerprint density at radius 1 is 1.18 bits per heavy atom. The van der Waals surface area contributed by atoms with Crippen LogP contribution in [0.25, 0.3) is 0 Å². The first-order valence-electron chi connectivity index (χ1n) is 8.25. The number of carbonyl (C=O) groups excluding carboxylic acids is 1. The number of rotatable bonds is 12. The molecule has 0 spiro atoms. The van der Waals surface area contributed by atoms with Gasteiger partial charge < -0.3 is 14.8 Å². The summed E-state index contributed by atoms with van der Waals surface area (Å²) in [5.41, 5.74) is -0.562. The first kappa shape index (κ1) is 21.8. The minimum absolute atomic E-state index is 0.109. The lowest BCUT2D eigenvalue weighted by atomic mass is 9.95. The van der Waals surface area contributed by atoms with Crippen LogP contribution in [0.5, 0.6) is 0 Å². The Kier molecular flexibility index (Phi) is 10.5. The smallest absolute Gasteiger partial charge is 0.226 e. The van der Waals surface area contributed by atoms with Gasteiger partial charge in [-0.05, 0) is 39.0 Å². The molecule has 0 aliphatic heterocycles. The highest BCUT2D eigenvalue weighted by Gasteiger charge is 2.26. The molecule has 0 fully saturated rings. The van der Waals surface area contributed by atoms with Crippen molar-refractivity contribution in [1.29, 1.82) is 0 Å². The Bertz CT molecular complexity index is 317. The zero-order valence-corrected chi connectivity index (χ0v) is 16.5. The molecule has 0 saturated heterocycles. The van der Waals surface area contributed by atoms with Gasteiger partial charge in [-0.15, -0.1) is 8.58 Å². The Morgan fingerprint density at radius 2 is 1.82 bits per heavy atom. The average molecular weight is 333 g/mol. The summed E-state index contributed by atoms with van der Waals surface area (Å²) in [5, 5.41) is 2.95. The third-order valence-corrected chi connectivity index (χ3v) is 4.64. The fourth-order valence-corrected chi connectivity index (χ4v) is 2.97. The maximum atomic E-state index is 12.0. The molecule has 132 valence electrons. The van der Waals surface area contributed by atoms with E-state index in [9.17, 15) is 4.79 Å². The maximum Gasteiger partial charge on any atom is 0.226 e. The van der Waals surface area contributed by atoms with Crippen LogP contribution in [0.15, 0.2) is 0 Å². The summed E-state index contributed by atoms with van der Waals surface area (Å²) in [6, 6.07) is 0. The van der Waals surface area contributed by atoms with Crippen molar-refractivity contribution in [2.45, 2.75) is 53.6 Å². The Morgan fingerprint density at radius 3 is 2.36 bits per heavy atom. The molecule has 0 bridgehead atoms. The van der Waals surface area contributed by atoms with E-state index in [1.807, 2.05) is 27.7 Å². The third kappa shape index (κ3) is 10.5. The van der Waals surface area contributed by atoms with E-state index in [4.69, 9.17) is 9.47 Å². The van der Waals surface area contributed by atoms with Crippen LogP contribution < -0.4 is 5.32 Å². The van der Waals surface area contributed by atoms with Gasteiger partial charge in [-0.1, -0.05) is 27.7 Å². The fourth-order valence-electron chi connectivity index (χ4n) is 1.93. The summed E-state index contributed by atoms with van der Waals surface area (Å²) in [4.78, 5) is 12.0. The minimum Gasteiger partial charge on any atom is -0.377 e. The molecule has 22 heavy (non-hydrogen) atoms. The van der Waals surface area contributed by atoms with Gasteiger partial charge in [0.25, 0.3) is 0 Å². The molecule has 0 radical (unpaired) electrons. The van der Waals surface area contributed by atoms with Crippen LogP contribution in [0, 0.1) is 11.3 Å². The van der Waals surface area contributed by atoms with E-state index in [0.29, 0.717) is 25.7 Å². The predicted molar refractivity (Wildman–Crippen MR) is 96.2 cm³/mol. The Balaban J connectivity index is 3.81. The molecule has 0 aromatic heterocycles. The van der Waals surface area contributed by atoms with Crippen LogP contribution in [0.2, 0.25) is 0 Å². The van der Waals surface area contributed by atoms with E-state index in [1.54, 1.807) is 0 Å². The van der Waals surface area contributed by atoms with Gasteiger partial charge in [0.15, 0.2) is 0 Å². The van der Waals surface area contributed by atoms with Gasteiger partial charge in [0.2, 0.25) is 5.91 Å². The molecule has 1 unspecified atom stereocenters. The van der Waals surface area contributed by atoms with Crippen molar-refractivity contribution < 1.29 is 14.3 Å². The molecule has 1 N–H and O–H groups in total. The number of hydrogen-bond donors (Lipinski definition) is 1. The maximum absolute atomic E-state index is 12.0. The van der Waals surface area contributed by atoms with Gasteiger partial charge >= 0.3 is 0 Å². The molecule has 0 heterocycles. The lowest BCUT2D eigenvalue weighted by Crippen LogP contribution is -2.40. The molecule has 1 amide bonds. The van der Waals surface area contributed by atoms with Gasteiger partial charge in [0.05, 0.1) is 18.8 Å². The summed E-state index contributed by atoms with van der Waals surface area (Å²) in [5.74, 6) is 0.761. The molecular formula is C17H36NO3P. The zero-order chi connectivity index (χ0) is 17.2. The summed E-state index contributed by atoms with van der Waals surface area (Å²) < 4.78 is 11.5. The van der Waals surface area contributed by atoms with Crippen molar-refractivity contribution in [2.24, 2.45) is 11.3 Å². The second-order valence-corrected chi connectivity index (χ2v) is 8.57. The van der Waals surface area contributed by atoms with E-state index >= 15 is 0 Å². The van der Waals surface area contributed by atoms with Crippen molar-refractivity contribution in [3.05, 3.63) is 0 Å². The SMILES string of the molecule is CPCC(C)(C)C(=O)NCCOCC(C)(C)OCCC(C)C. The molecule has 0 aromatic rings. The first-order chi connectivity index (χ1) is 10.1. The van der Waals surface area contributed by atoms with Crippen molar-refractivity contribution >= 4 is 14.5 Å². The molecule has 5 heteroatoms. The van der Waals surface area contributed by atoms with Crippen LogP contribution in [-0.4, -0.2) is 50.7 Å². The van der Waals surface area contributed by atoms with E-state index in [2.05, 4.69) is 25.8 Å². The molecule has 1 atom stereocenters. The highest BCUT2D eigenvalue weighted by atomic mass is 31.1. The summed E-state index contributed by atoms with van der Waals surface area (Å²) in [6.07, 6.45) is 1.99. The fraction of sp³-hybridized carbons (Fsp3) is 0.941. The number of amides is 1. The number of hydrogen-bond acceptors (Lipinski definition) is 3. The largest absolute Gasteiger partial charge is 0.377 e. The summed E-state index contributed by atoms with van der Waals surface area (Å²) in [7, 11) is 0.789. The van der Waals surface area contributed by atoms with Gasteiger partial charge in [0, 0.05) is 18.6 Å². The van der Waals surface area contributed by atoms with Crippen LogP contribution in [0.3, 0.4) is 0 Å². The topological polar surface area (TPSA) is 47.6 Å². The van der Waals surface area contributed by atoms with Gasteiger partial charge in [-0.25, -0.2) is 0 Å². The highest BCUT2D eigenvalue weighted by molar-refractivity contribution is 7.37. The van der Waals surface area contributed by atoms with E-state index in [1.165, 1.54) is 0 Å². The third-order valence-electron chi connectivity index (χ3n) is 3.40. The molecule has 4 nitrogen and oxygen atoms in total. The number of ether oxygens (including phenoxy) is 2. The minimum atomic E-state index is -0.285. The van der Waals surface area contributed by atoms with Gasteiger partial charge in [-0.2, -0.15) is 0 Å². The van der Waals surface area contributed by atoms with E-state index in [-0.39, 0.29) is 16.9 Å². The predicted octanol–water partition coefficient (Wildman–Crippen LogP) is 3.30. The molecular weight excluding hydrogens is 297 g/mol. The lowest BCUT2D eigenvalue weighted by molar-refractivity contribution is -0.128. The van der Waals surface area contributed by atoms with Crippen molar-refractivity contribution in [3.8, 4) is 0 Å². The van der Waals surface area contributed by atoms with Crippen molar-refractivity contribution in [1.82, 2.24) is 5.32 Å². The lowest BCUT2D eigenvalue weighted by Gasteiger charge is -2.26. The standard InChI is InChI=1S/C17H36NO3P/c1-14(2)8-10-21-17(5,6)12-20-11-9-18-15(19)16(3,4)13-22-7/h14,22H,8-13H2,1-7H3,(H,18,19). The zero-order valence-electron chi connectivity index (χ0n) is 15.5. The molecule has 0 saturated carbocycles. The van der Waals surface area contributed by atoms with Gasteiger partial charge in [0.1, 0.15) is 0 Å². The number of nitrogens with one attached hydrogen (secondary N) is 1. The van der Waals surface area contributed by atoms with Crippen LogP contribution >= 0.6 is 8.58 Å². The average Bonchev–Trinajstić information content (AvgIpc) is 2.37. The van der Waals surface area contributed by atoms with Crippen LogP contribution in [-0.2, 0) is 14.3 Å². The van der Waals surface area contributed by atoms with Crippen molar-refractivity contribution in [3.63, 3.8) is 0 Å². The molecule has 0 aliphatic carbocycles. The second-order valence-electron chi connectivity index (χ2n) is 7.51. The first-order valence-corrected chi connectivity index (χ1v) is 9.96. The van der Waals surface area contributed by atoms with Crippen molar-refractivity contribution in [2.75, 3.05) is 39.2 Å². The summed E-state index contributed by atoms with van der Waals surface area (Å²) >= 11 is 0. The van der Waals surface area contributed by atoms with Gasteiger partial charge in [-0.3, -0.25) is 4.79 Å². The Labute approximate surface area is 138 Å². The van der Waals surface area contributed by atoms with E-state index in [0.717, 1.165) is 27.8 Å². The quantitative estimate of drug-likeness (QED) is 0.440. The monoisotopic (exact) mass is 333 g/mol.